The van der Waals surface area contributed by atoms with Crippen LogP contribution in [0.3, 0.4) is 0 Å². The summed E-state index contributed by atoms with van der Waals surface area (Å²) in [5.74, 6) is 0.613. The summed E-state index contributed by atoms with van der Waals surface area (Å²) in [5.41, 5.74) is 3.00. The van der Waals surface area contributed by atoms with Gasteiger partial charge in [0.2, 0.25) is 0 Å². The van der Waals surface area contributed by atoms with Gasteiger partial charge in [0, 0.05) is 35.5 Å². The third-order valence-corrected chi connectivity index (χ3v) is 3.28. The van der Waals surface area contributed by atoms with Gasteiger partial charge < -0.3 is 9.30 Å². The van der Waals surface area contributed by atoms with Crippen molar-refractivity contribution < 1.29 is 9.53 Å². The van der Waals surface area contributed by atoms with Gasteiger partial charge in [0.1, 0.15) is 5.75 Å². The van der Waals surface area contributed by atoms with Crippen LogP contribution in [-0.2, 0) is 7.05 Å². The number of aryl methyl sites for hydroxylation is 2. The lowest BCUT2D eigenvalue weighted by Crippen LogP contribution is -2.18. The third kappa shape index (κ3) is 2.50. The fraction of sp³-hybridized carbons (Fsp3) is 0.250. The molecule has 0 fully saturated rings. The minimum Gasteiger partial charge on any atom is -0.496 e. The average Bonchev–Trinajstić information content (AvgIpc) is 2.43. The van der Waals surface area contributed by atoms with Crippen molar-refractivity contribution >= 4 is 5.78 Å². The normalized spacial score (nSPS) is 10.4. The molecule has 2 aromatic rings. The molecule has 0 aliphatic heterocycles. The van der Waals surface area contributed by atoms with Gasteiger partial charge in [-0.3, -0.25) is 9.59 Å². The Hall–Kier alpha value is -2.36. The van der Waals surface area contributed by atoms with Gasteiger partial charge in [0.25, 0.3) is 5.56 Å². The molecule has 1 aromatic carbocycles. The molecule has 0 N–H and O–H groups in total. The van der Waals surface area contributed by atoms with Crippen molar-refractivity contribution in [2.75, 3.05) is 7.11 Å². The molecule has 0 saturated carbocycles. The summed E-state index contributed by atoms with van der Waals surface area (Å²) >= 11 is 0. The number of hydrogen-bond donors (Lipinski definition) is 0. The molecule has 0 spiro atoms. The molecule has 0 unspecified atom stereocenters. The molecule has 0 atom stereocenters. The van der Waals surface area contributed by atoms with Crippen molar-refractivity contribution in [2.45, 2.75) is 13.8 Å². The highest BCUT2D eigenvalue weighted by molar-refractivity contribution is 5.95. The molecule has 0 aliphatic rings. The number of carbonyl (C=O) groups excluding carboxylic acids is 1. The Morgan fingerprint density at radius 2 is 1.95 bits per heavy atom. The summed E-state index contributed by atoms with van der Waals surface area (Å²) in [6, 6.07) is 7.15. The van der Waals surface area contributed by atoms with Crippen molar-refractivity contribution in [2.24, 2.45) is 7.05 Å². The quantitative estimate of drug-likeness (QED) is 0.806. The molecule has 0 aliphatic carbocycles. The molecular weight excluding hydrogens is 254 g/mol. The first kappa shape index (κ1) is 14.1. The summed E-state index contributed by atoms with van der Waals surface area (Å²) < 4.78 is 6.91. The van der Waals surface area contributed by atoms with Crippen LogP contribution in [0, 0.1) is 6.92 Å². The maximum Gasteiger partial charge on any atom is 0.253 e. The Balaban J connectivity index is 2.63. The van der Waals surface area contributed by atoms with Crippen molar-refractivity contribution in [1.29, 1.82) is 0 Å². The van der Waals surface area contributed by atoms with Gasteiger partial charge in [-0.05, 0) is 32.0 Å². The fourth-order valence-electron chi connectivity index (χ4n) is 2.17. The van der Waals surface area contributed by atoms with E-state index in [1.807, 2.05) is 12.1 Å². The molecule has 0 saturated heterocycles. The zero-order valence-electron chi connectivity index (χ0n) is 12.1. The van der Waals surface area contributed by atoms with Gasteiger partial charge in [-0.2, -0.15) is 0 Å². The molecule has 0 bridgehead atoms. The summed E-state index contributed by atoms with van der Waals surface area (Å²) in [6.07, 6.45) is 1.76. The van der Waals surface area contributed by atoms with E-state index in [1.165, 1.54) is 6.92 Å². The first-order chi connectivity index (χ1) is 9.43. The van der Waals surface area contributed by atoms with Gasteiger partial charge in [-0.1, -0.05) is 6.07 Å². The number of pyridine rings is 1. The van der Waals surface area contributed by atoms with Gasteiger partial charge in [-0.15, -0.1) is 0 Å². The number of ketones is 1. The van der Waals surface area contributed by atoms with E-state index in [9.17, 15) is 9.59 Å². The van der Waals surface area contributed by atoms with Crippen LogP contribution < -0.4 is 10.3 Å². The van der Waals surface area contributed by atoms with E-state index in [0.717, 1.165) is 11.1 Å². The lowest BCUT2D eigenvalue weighted by Gasteiger charge is -2.12. The number of rotatable bonds is 3. The van der Waals surface area contributed by atoms with Crippen LogP contribution in [-0.4, -0.2) is 17.5 Å². The van der Waals surface area contributed by atoms with Gasteiger partial charge in [0.05, 0.1) is 7.11 Å². The van der Waals surface area contributed by atoms with E-state index in [-0.39, 0.29) is 11.3 Å². The number of Topliss-reactive ketones (excluding diaryl/α,β-unsaturated/α-hetero) is 1. The first-order valence-electron chi connectivity index (χ1n) is 6.30. The zero-order chi connectivity index (χ0) is 14.9. The molecule has 0 amide bonds. The molecular formula is C16H17NO3. The molecule has 4 heteroatoms. The number of benzene rings is 1. The van der Waals surface area contributed by atoms with Gasteiger partial charge >= 0.3 is 0 Å². The number of methoxy groups -OCH3 is 1. The Bertz CT molecular complexity index is 703. The predicted octanol–water partition coefficient (Wildman–Crippen LogP) is 2.57. The van der Waals surface area contributed by atoms with Crippen molar-refractivity contribution in [3.8, 4) is 16.9 Å². The molecule has 1 aromatic heterocycles. The standard InChI is InChI=1S/C16H17NO3/c1-10-7-13(9-17(3)16(10)19)14-6-5-12(11(2)18)8-15(14)20-4/h5-9H,1-4H3. The van der Waals surface area contributed by atoms with E-state index < -0.39 is 0 Å². The van der Waals surface area contributed by atoms with E-state index in [2.05, 4.69) is 0 Å². The maximum absolute atomic E-state index is 11.7. The smallest absolute Gasteiger partial charge is 0.253 e. The van der Waals surface area contributed by atoms with Crippen LogP contribution in [0.25, 0.3) is 11.1 Å². The topological polar surface area (TPSA) is 48.3 Å². The van der Waals surface area contributed by atoms with Crippen molar-refractivity contribution in [3.63, 3.8) is 0 Å². The minimum absolute atomic E-state index is 0.00788. The third-order valence-electron chi connectivity index (χ3n) is 3.28. The predicted molar refractivity (Wildman–Crippen MR) is 78.4 cm³/mol. The van der Waals surface area contributed by atoms with Crippen LogP contribution in [0.15, 0.2) is 35.3 Å². The number of carbonyl (C=O) groups is 1. The highest BCUT2D eigenvalue weighted by Gasteiger charge is 2.11. The second-order valence-electron chi connectivity index (χ2n) is 4.80. The lowest BCUT2D eigenvalue weighted by atomic mass is 10.0. The highest BCUT2D eigenvalue weighted by Crippen LogP contribution is 2.30. The SMILES string of the molecule is COc1cc(C(C)=O)ccc1-c1cc(C)c(=O)n(C)c1. The van der Waals surface area contributed by atoms with Crippen LogP contribution in [0.1, 0.15) is 22.8 Å². The fourth-order valence-corrected chi connectivity index (χ4v) is 2.17. The highest BCUT2D eigenvalue weighted by atomic mass is 16.5. The number of aromatic nitrogens is 1. The second kappa shape index (κ2) is 5.33. The summed E-state index contributed by atoms with van der Waals surface area (Å²) in [6.45, 7) is 3.30. The van der Waals surface area contributed by atoms with Crippen LogP contribution in [0.5, 0.6) is 5.75 Å². The Morgan fingerprint density at radius 3 is 2.50 bits per heavy atom. The average molecular weight is 271 g/mol. The molecule has 1 heterocycles. The van der Waals surface area contributed by atoms with E-state index in [0.29, 0.717) is 16.9 Å². The first-order valence-corrected chi connectivity index (χ1v) is 6.30. The minimum atomic E-state index is -0.0203. The zero-order valence-corrected chi connectivity index (χ0v) is 12.1. The van der Waals surface area contributed by atoms with Crippen LogP contribution >= 0.6 is 0 Å². The molecule has 20 heavy (non-hydrogen) atoms. The largest absolute Gasteiger partial charge is 0.496 e. The summed E-state index contributed by atoms with van der Waals surface area (Å²) in [4.78, 5) is 23.2. The summed E-state index contributed by atoms with van der Waals surface area (Å²) in [5, 5.41) is 0. The number of nitrogens with zero attached hydrogens (tertiary/aromatic N) is 1. The monoisotopic (exact) mass is 271 g/mol. The van der Waals surface area contributed by atoms with E-state index in [1.54, 1.807) is 44.0 Å². The van der Waals surface area contributed by atoms with Crippen molar-refractivity contribution in [3.05, 3.63) is 51.9 Å². The Morgan fingerprint density at radius 1 is 1.25 bits per heavy atom. The molecule has 0 radical (unpaired) electrons. The van der Waals surface area contributed by atoms with Gasteiger partial charge in [0.15, 0.2) is 5.78 Å². The second-order valence-corrected chi connectivity index (χ2v) is 4.80. The number of ether oxygens (including phenoxy) is 1. The van der Waals surface area contributed by atoms with Crippen LogP contribution in [0.2, 0.25) is 0 Å². The Labute approximate surface area is 117 Å². The van der Waals surface area contributed by atoms with Crippen molar-refractivity contribution in [1.82, 2.24) is 4.57 Å². The number of hydrogen-bond acceptors (Lipinski definition) is 3. The van der Waals surface area contributed by atoms with E-state index >= 15 is 0 Å². The van der Waals surface area contributed by atoms with Gasteiger partial charge in [-0.25, -0.2) is 0 Å². The Kier molecular flexibility index (Phi) is 3.74. The molecule has 104 valence electrons. The van der Waals surface area contributed by atoms with E-state index in [4.69, 9.17) is 4.74 Å². The van der Waals surface area contributed by atoms with Crippen LogP contribution in [0.4, 0.5) is 0 Å². The molecule has 4 nitrogen and oxygen atoms in total. The lowest BCUT2D eigenvalue weighted by molar-refractivity contribution is 0.101. The summed E-state index contributed by atoms with van der Waals surface area (Å²) in [7, 11) is 3.28. The molecule has 2 rings (SSSR count). The maximum atomic E-state index is 11.7.